The van der Waals surface area contributed by atoms with Crippen molar-refractivity contribution in [3.8, 4) is 0 Å². The molecule has 0 spiro atoms. The summed E-state index contributed by atoms with van der Waals surface area (Å²) in [6.45, 7) is 0.732. The molecule has 3 heterocycles. The lowest BCUT2D eigenvalue weighted by Gasteiger charge is -2.24. The molecule has 1 aliphatic heterocycles. The third-order valence-corrected chi connectivity index (χ3v) is 3.74. The van der Waals surface area contributed by atoms with E-state index in [9.17, 15) is 4.39 Å². The van der Waals surface area contributed by atoms with Crippen molar-refractivity contribution in [1.29, 1.82) is 0 Å². The van der Waals surface area contributed by atoms with Gasteiger partial charge in [-0.25, -0.2) is 24.0 Å². The van der Waals surface area contributed by atoms with Gasteiger partial charge in [0.25, 0.3) is 0 Å². The average molecular weight is 284 g/mol. The van der Waals surface area contributed by atoms with Gasteiger partial charge in [-0.2, -0.15) is 5.10 Å². The molecule has 1 aliphatic rings. The molecule has 3 aromatic rings. The fraction of sp³-hybridized carbons (Fsp3) is 0.286. The van der Waals surface area contributed by atoms with E-state index in [-0.39, 0.29) is 11.9 Å². The molecule has 0 saturated carbocycles. The molecule has 7 heteroatoms. The number of fused-ring (bicyclic) bond motifs is 2. The van der Waals surface area contributed by atoms with E-state index in [0.717, 1.165) is 30.7 Å². The Morgan fingerprint density at radius 1 is 1.19 bits per heavy atom. The molecule has 106 valence electrons. The predicted octanol–water partition coefficient (Wildman–Crippen LogP) is 1.79. The number of nitrogens with zero attached hydrogens (tertiary/aromatic N) is 5. The number of halogens is 1. The van der Waals surface area contributed by atoms with Crippen LogP contribution in [0, 0.1) is 5.82 Å². The molecule has 0 aliphatic carbocycles. The topological polar surface area (TPSA) is 68.5 Å². The Kier molecular flexibility index (Phi) is 2.77. The quantitative estimate of drug-likeness (QED) is 0.777. The van der Waals surface area contributed by atoms with Crippen LogP contribution < -0.4 is 5.32 Å². The zero-order chi connectivity index (χ0) is 14.2. The molecule has 6 nitrogen and oxygen atoms in total. The standard InChI is InChI=1S/C14H13FN6/c15-9-1-3-12-11(5-9)14(18-7-16-12)20-10-2-4-13-17-8-19-21(13)6-10/h1,3,5,7-8,10H,2,4,6H2,(H,16,18,20). The number of rotatable bonds is 2. The Labute approximate surface area is 120 Å². The number of anilines is 1. The summed E-state index contributed by atoms with van der Waals surface area (Å²) in [6.07, 6.45) is 4.88. The number of aromatic nitrogens is 5. The van der Waals surface area contributed by atoms with Crippen LogP contribution in [0.4, 0.5) is 10.2 Å². The maximum atomic E-state index is 13.4. The Bertz CT molecular complexity index is 799. The van der Waals surface area contributed by atoms with Gasteiger partial charge in [-0.3, -0.25) is 0 Å². The van der Waals surface area contributed by atoms with Crippen molar-refractivity contribution in [1.82, 2.24) is 24.7 Å². The molecular formula is C14H13FN6. The van der Waals surface area contributed by atoms with E-state index in [1.807, 2.05) is 4.68 Å². The van der Waals surface area contributed by atoms with Gasteiger partial charge >= 0.3 is 0 Å². The number of benzene rings is 1. The zero-order valence-corrected chi connectivity index (χ0v) is 11.2. The lowest BCUT2D eigenvalue weighted by Crippen LogP contribution is -2.32. The van der Waals surface area contributed by atoms with Crippen molar-refractivity contribution in [3.05, 3.63) is 42.5 Å². The van der Waals surface area contributed by atoms with Gasteiger partial charge in [-0.05, 0) is 24.6 Å². The summed E-state index contributed by atoms with van der Waals surface area (Å²) in [5.74, 6) is 1.38. The number of nitrogens with one attached hydrogen (secondary N) is 1. The van der Waals surface area contributed by atoms with E-state index in [0.29, 0.717) is 11.2 Å². The third kappa shape index (κ3) is 2.20. The third-order valence-electron chi connectivity index (χ3n) is 3.74. The zero-order valence-electron chi connectivity index (χ0n) is 11.2. The largest absolute Gasteiger partial charge is 0.365 e. The molecule has 0 radical (unpaired) electrons. The van der Waals surface area contributed by atoms with E-state index >= 15 is 0 Å². The van der Waals surface area contributed by atoms with Gasteiger partial charge in [0.1, 0.15) is 30.1 Å². The molecule has 1 aromatic carbocycles. The fourth-order valence-electron chi connectivity index (χ4n) is 2.69. The number of hydrogen-bond acceptors (Lipinski definition) is 5. The Hall–Kier alpha value is -2.57. The van der Waals surface area contributed by atoms with Crippen LogP contribution in [0.25, 0.3) is 10.9 Å². The van der Waals surface area contributed by atoms with Crippen LogP contribution in [-0.4, -0.2) is 30.8 Å². The molecule has 0 amide bonds. The predicted molar refractivity (Wildman–Crippen MR) is 75.2 cm³/mol. The molecule has 1 unspecified atom stereocenters. The molecule has 0 saturated heterocycles. The van der Waals surface area contributed by atoms with Gasteiger partial charge in [0.15, 0.2) is 0 Å². The molecule has 1 N–H and O–H groups in total. The van der Waals surface area contributed by atoms with Crippen molar-refractivity contribution >= 4 is 16.7 Å². The minimum absolute atomic E-state index is 0.195. The Morgan fingerprint density at radius 2 is 2.14 bits per heavy atom. The molecule has 2 aromatic heterocycles. The molecule has 1 atom stereocenters. The van der Waals surface area contributed by atoms with Crippen molar-refractivity contribution in [2.24, 2.45) is 0 Å². The molecule has 0 fully saturated rings. The minimum atomic E-state index is -0.289. The van der Waals surface area contributed by atoms with Crippen LogP contribution >= 0.6 is 0 Å². The van der Waals surface area contributed by atoms with E-state index in [4.69, 9.17) is 0 Å². The van der Waals surface area contributed by atoms with Crippen molar-refractivity contribution in [2.75, 3.05) is 5.32 Å². The summed E-state index contributed by atoms with van der Waals surface area (Å²) in [5, 5.41) is 8.27. The van der Waals surface area contributed by atoms with Gasteiger partial charge in [-0.15, -0.1) is 0 Å². The van der Waals surface area contributed by atoms with Crippen LogP contribution in [0.15, 0.2) is 30.9 Å². The fourth-order valence-corrected chi connectivity index (χ4v) is 2.69. The Balaban J connectivity index is 1.64. The summed E-state index contributed by atoms with van der Waals surface area (Å²) in [5.41, 5.74) is 0.728. The highest BCUT2D eigenvalue weighted by atomic mass is 19.1. The number of hydrogen-bond donors (Lipinski definition) is 1. The molecular weight excluding hydrogens is 271 g/mol. The molecule has 4 rings (SSSR count). The number of aryl methyl sites for hydroxylation is 1. The van der Waals surface area contributed by atoms with E-state index < -0.39 is 0 Å². The second-order valence-corrected chi connectivity index (χ2v) is 5.12. The van der Waals surface area contributed by atoms with Crippen LogP contribution in [0.2, 0.25) is 0 Å². The van der Waals surface area contributed by atoms with Crippen LogP contribution in [0.5, 0.6) is 0 Å². The van der Waals surface area contributed by atoms with Crippen molar-refractivity contribution in [2.45, 2.75) is 25.4 Å². The van der Waals surface area contributed by atoms with Crippen LogP contribution in [0.3, 0.4) is 0 Å². The van der Waals surface area contributed by atoms with Gasteiger partial charge < -0.3 is 5.32 Å². The smallest absolute Gasteiger partial charge is 0.138 e. The summed E-state index contributed by atoms with van der Waals surface area (Å²) in [7, 11) is 0. The van der Waals surface area contributed by atoms with E-state index in [1.54, 1.807) is 12.4 Å². The molecule has 0 bridgehead atoms. The Morgan fingerprint density at radius 3 is 3.10 bits per heavy atom. The minimum Gasteiger partial charge on any atom is -0.365 e. The lowest BCUT2D eigenvalue weighted by atomic mass is 10.1. The summed E-state index contributed by atoms with van der Waals surface area (Å²) in [4.78, 5) is 12.6. The average Bonchev–Trinajstić information content (AvgIpc) is 2.95. The van der Waals surface area contributed by atoms with Crippen molar-refractivity contribution < 1.29 is 4.39 Å². The lowest BCUT2D eigenvalue weighted by molar-refractivity contribution is 0.441. The SMILES string of the molecule is Fc1ccc2ncnc(NC3CCc4ncnn4C3)c2c1. The van der Waals surface area contributed by atoms with Gasteiger partial charge in [0.2, 0.25) is 0 Å². The first kappa shape index (κ1) is 12.2. The van der Waals surface area contributed by atoms with Gasteiger partial charge in [0.05, 0.1) is 12.1 Å². The maximum absolute atomic E-state index is 13.4. The first-order valence-corrected chi connectivity index (χ1v) is 6.83. The van der Waals surface area contributed by atoms with E-state index in [2.05, 4.69) is 25.4 Å². The summed E-state index contributed by atoms with van der Waals surface area (Å²) >= 11 is 0. The van der Waals surface area contributed by atoms with Crippen LogP contribution in [-0.2, 0) is 13.0 Å². The monoisotopic (exact) mass is 284 g/mol. The second kappa shape index (κ2) is 4.76. The van der Waals surface area contributed by atoms with Gasteiger partial charge in [-0.1, -0.05) is 0 Å². The summed E-state index contributed by atoms with van der Waals surface area (Å²) in [6, 6.07) is 4.72. The van der Waals surface area contributed by atoms with Crippen LogP contribution in [0.1, 0.15) is 12.2 Å². The first-order valence-electron chi connectivity index (χ1n) is 6.83. The van der Waals surface area contributed by atoms with Gasteiger partial charge in [0, 0.05) is 17.8 Å². The maximum Gasteiger partial charge on any atom is 0.138 e. The second-order valence-electron chi connectivity index (χ2n) is 5.12. The highest BCUT2D eigenvalue weighted by Crippen LogP contribution is 2.23. The first-order chi connectivity index (χ1) is 10.3. The normalized spacial score (nSPS) is 17.7. The molecule has 21 heavy (non-hydrogen) atoms. The van der Waals surface area contributed by atoms with Crippen molar-refractivity contribution in [3.63, 3.8) is 0 Å². The van der Waals surface area contributed by atoms with E-state index in [1.165, 1.54) is 18.5 Å². The highest BCUT2D eigenvalue weighted by Gasteiger charge is 2.20. The highest BCUT2D eigenvalue weighted by molar-refractivity contribution is 5.88. The summed E-state index contributed by atoms with van der Waals surface area (Å²) < 4.78 is 15.3.